The molecule has 0 aliphatic rings. The summed E-state index contributed by atoms with van der Waals surface area (Å²) in [6, 6.07) is 0. The van der Waals surface area contributed by atoms with Gasteiger partial charge in [0.2, 0.25) is 0 Å². The van der Waals surface area contributed by atoms with E-state index in [0.29, 0.717) is 0 Å². The SMILES string of the molecule is CCC/C=C\CC(C)C. The minimum atomic E-state index is 0.818. The van der Waals surface area contributed by atoms with E-state index in [1.165, 1.54) is 19.3 Å². The van der Waals surface area contributed by atoms with Crippen LogP contribution in [0.4, 0.5) is 0 Å². The Kier molecular flexibility index (Phi) is 5.70. The van der Waals surface area contributed by atoms with Crippen LogP contribution < -0.4 is 0 Å². The molecule has 0 aromatic heterocycles. The number of unbranched alkanes of at least 4 members (excludes halogenated alkanes) is 1. The molecule has 0 radical (unpaired) electrons. The topological polar surface area (TPSA) is 0 Å². The van der Waals surface area contributed by atoms with Crippen molar-refractivity contribution in [1.82, 2.24) is 0 Å². The second-order valence-electron chi connectivity index (χ2n) is 2.89. The van der Waals surface area contributed by atoms with E-state index in [1.807, 2.05) is 0 Å². The van der Waals surface area contributed by atoms with E-state index in [-0.39, 0.29) is 0 Å². The third-order valence-corrected chi connectivity index (χ3v) is 1.23. The van der Waals surface area contributed by atoms with Gasteiger partial charge in [-0.15, -0.1) is 0 Å². The van der Waals surface area contributed by atoms with E-state index in [9.17, 15) is 0 Å². The zero-order valence-electron chi connectivity index (χ0n) is 6.85. The molecular weight excluding hydrogens is 108 g/mol. The highest BCUT2D eigenvalue weighted by atomic mass is 13.9. The summed E-state index contributed by atoms with van der Waals surface area (Å²) >= 11 is 0. The summed E-state index contributed by atoms with van der Waals surface area (Å²) in [5.74, 6) is 0.818. The van der Waals surface area contributed by atoms with Gasteiger partial charge >= 0.3 is 0 Å². The first-order valence-corrected chi connectivity index (χ1v) is 3.92. The summed E-state index contributed by atoms with van der Waals surface area (Å²) in [7, 11) is 0. The Morgan fingerprint density at radius 1 is 1.22 bits per heavy atom. The van der Waals surface area contributed by atoms with Crippen LogP contribution in [-0.2, 0) is 0 Å². The van der Waals surface area contributed by atoms with Gasteiger partial charge in [0.1, 0.15) is 0 Å². The minimum Gasteiger partial charge on any atom is -0.0885 e. The quantitative estimate of drug-likeness (QED) is 0.506. The first-order chi connectivity index (χ1) is 4.27. The van der Waals surface area contributed by atoms with E-state index in [4.69, 9.17) is 0 Å². The van der Waals surface area contributed by atoms with Gasteiger partial charge in [0.15, 0.2) is 0 Å². The summed E-state index contributed by atoms with van der Waals surface area (Å²) in [5, 5.41) is 0. The number of hydrogen-bond acceptors (Lipinski definition) is 0. The van der Waals surface area contributed by atoms with Gasteiger partial charge in [-0.05, 0) is 18.8 Å². The average Bonchev–Trinajstić information content (AvgIpc) is 1.80. The maximum atomic E-state index is 2.29. The van der Waals surface area contributed by atoms with Crippen molar-refractivity contribution in [3.8, 4) is 0 Å². The zero-order valence-corrected chi connectivity index (χ0v) is 6.85. The monoisotopic (exact) mass is 126 g/mol. The molecule has 0 saturated carbocycles. The van der Waals surface area contributed by atoms with Gasteiger partial charge in [-0.3, -0.25) is 0 Å². The molecule has 0 heteroatoms. The Bertz CT molecular complexity index is 70.1. The van der Waals surface area contributed by atoms with Crippen LogP contribution in [0.1, 0.15) is 40.0 Å². The molecule has 0 aromatic carbocycles. The molecule has 0 atom stereocenters. The van der Waals surface area contributed by atoms with E-state index in [0.717, 1.165) is 5.92 Å². The largest absolute Gasteiger partial charge is 0.0885 e. The summed E-state index contributed by atoms with van der Waals surface area (Å²) in [6.45, 7) is 6.70. The lowest BCUT2D eigenvalue weighted by atomic mass is 10.1. The van der Waals surface area contributed by atoms with Gasteiger partial charge in [-0.1, -0.05) is 39.3 Å². The van der Waals surface area contributed by atoms with Gasteiger partial charge in [0.05, 0.1) is 0 Å². The van der Waals surface area contributed by atoms with Crippen molar-refractivity contribution in [2.24, 2.45) is 5.92 Å². The van der Waals surface area contributed by atoms with Crippen LogP contribution in [0.3, 0.4) is 0 Å². The molecule has 0 heterocycles. The van der Waals surface area contributed by atoms with Crippen molar-refractivity contribution in [3.05, 3.63) is 12.2 Å². The van der Waals surface area contributed by atoms with Crippen molar-refractivity contribution >= 4 is 0 Å². The standard InChI is InChI=1S/C9H18/c1-4-5-6-7-8-9(2)3/h6-7,9H,4-5,8H2,1-3H3/b7-6-. The van der Waals surface area contributed by atoms with Crippen LogP contribution in [0, 0.1) is 5.92 Å². The molecule has 9 heavy (non-hydrogen) atoms. The third kappa shape index (κ3) is 7.74. The highest BCUT2D eigenvalue weighted by Crippen LogP contribution is 2.00. The number of hydrogen-bond donors (Lipinski definition) is 0. The first-order valence-electron chi connectivity index (χ1n) is 3.92. The molecule has 0 nitrogen and oxygen atoms in total. The fourth-order valence-electron chi connectivity index (χ4n) is 0.653. The van der Waals surface area contributed by atoms with Gasteiger partial charge < -0.3 is 0 Å². The van der Waals surface area contributed by atoms with Gasteiger partial charge in [-0.25, -0.2) is 0 Å². The van der Waals surface area contributed by atoms with Crippen LogP contribution in [0.5, 0.6) is 0 Å². The fraction of sp³-hybridized carbons (Fsp3) is 0.778. The molecule has 0 saturated heterocycles. The van der Waals surface area contributed by atoms with Crippen LogP contribution in [-0.4, -0.2) is 0 Å². The molecule has 0 amide bonds. The van der Waals surface area contributed by atoms with Crippen molar-refractivity contribution < 1.29 is 0 Å². The second kappa shape index (κ2) is 5.87. The second-order valence-corrected chi connectivity index (χ2v) is 2.89. The predicted octanol–water partition coefficient (Wildman–Crippen LogP) is 3.39. The Morgan fingerprint density at radius 2 is 1.89 bits per heavy atom. The Balaban J connectivity index is 3.04. The third-order valence-electron chi connectivity index (χ3n) is 1.23. The van der Waals surface area contributed by atoms with Crippen LogP contribution >= 0.6 is 0 Å². The molecule has 0 N–H and O–H groups in total. The molecule has 0 aromatic rings. The summed E-state index contributed by atoms with van der Waals surface area (Å²) in [5.41, 5.74) is 0. The van der Waals surface area contributed by atoms with Gasteiger partial charge in [-0.2, -0.15) is 0 Å². The average molecular weight is 126 g/mol. The number of allylic oxidation sites excluding steroid dienone is 2. The molecule has 0 aliphatic carbocycles. The van der Waals surface area contributed by atoms with Crippen molar-refractivity contribution in [1.29, 1.82) is 0 Å². The Labute approximate surface area is 59.0 Å². The van der Waals surface area contributed by atoms with Crippen molar-refractivity contribution in [2.45, 2.75) is 40.0 Å². The summed E-state index contributed by atoms with van der Waals surface area (Å²) < 4.78 is 0. The molecule has 0 rings (SSSR count). The van der Waals surface area contributed by atoms with Crippen LogP contribution in [0.2, 0.25) is 0 Å². The molecular formula is C9H18. The lowest BCUT2D eigenvalue weighted by Gasteiger charge is -1.95. The van der Waals surface area contributed by atoms with Crippen LogP contribution in [0.15, 0.2) is 12.2 Å². The maximum absolute atomic E-state index is 2.29. The van der Waals surface area contributed by atoms with E-state index >= 15 is 0 Å². The highest BCUT2D eigenvalue weighted by Gasteiger charge is 1.85. The normalized spacial score (nSPS) is 11.6. The Hall–Kier alpha value is -0.260. The predicted molar refractivity (Wildman–Crippen MR) is 43.5 cm³/mol. The molecule has 0 spiro atoms. The summed E-state index contributed by atoms with van der Waals surface area (Å²) in [4.78, 5) is 0. The van der Waals surface area contributed by atoms with E-state index < -0.39 is 0 Å². The first kappa shape index (κ1) is 8.74. The lowest BCUT2D eigenvalue weighted by Crippen LogP contribution is -1.80. The fourth-order valence-corrected chi connectivity index (χ4v) is 0.653. The zero-order chi connectivity index (χ0) is 7.11. The van der Waals surface area contributed by atoms with Crippen molar-refractivity contribution in [3.63, 3.8) is 0 Å². The highest BCUT2D eigenvalue weighted by molar-refractivity contribution is 4.81. The maximum Gasteiger partial charge on any atom is -0.0327 e. The molecule has 54 valence electrons. The lowest BCUT2D eigenvalue weighted by molar-refractivity contribution is 0.662. The molecule has 0 fully saturated rings. The molecule has 0 bridgehead atoms. The van der Waals surface area contributed by atoms with Gasteiger partial charge in [0, 0.05) is 0 Å². The van der Waals surface area contributed by atoms with E-state index in [2.05, 4.69) is 32.9 Å². The van der Waals surface area contributed by atoms with E-state index in [1.54, 1.807) is 0 Å². The van der Waals surface area contributed by atoms with Crippen LogP contribution in [0.25, 0.3) is 0 Å². The van der Waals surface area contributed by atoms with Gasteiger partial charge in [0.25, 0.3) is 0 Å². The smallest absolute Gasteiger partial charge is 0.0327 e. The minimum absolute atomic E-state index is 0.818. The molecule has 0 aliphatic heterocycles. The molecule has 0 unspecified atom stereocenters. The summed E-state index contributed by atoms with van der Waals surface area (Å²) in [6.07, 6.45) is 8.31. The number of rotatable bonds is 4. The Morgan fingerprint density at radius 3 is 2.33 bits per heavy atom. The van der Waals surface area contributed by atoms with Crippen molar-refractivity contribution in [2.75, 3.05) is 0 Å².